The zero-order chi connectivity index (χ0) is 19.4. The number of aryl methyl sites for hydroxylation is 1. The summed E-state index contributed by atoms with van der Waals surface area (Å²) in [5.41, 5.74) is -0.613. The summed E-state index contributed by atoms with van der Waals surface area (Å²) in [4.78, 5) is 13.7. The van der Waals surface area contributed by atoms with Crippen molar-refractivity contribution in [3.8, 4) is 0 Å². The van der Waals surface area contributed by atoms with Gasteiger partial charge in [0.1, 0.15) is 4.90 Å². The first-order valence-electron chi connectivity index (χ1n) is 8.99. The summed E-state index contributed by atoms with van der Waals surface area (Å²) >= 11 is 0. The van der Waals surface area contributed by atoms with Crippen LogP contribution in [0.25, 0.3) is 0 Å². The predicted octanol–water partition coefficient (Wildman–Crippen LogP) is 0.436. The molecule has 1 aromatic rings. The molecular formula is C16H29N5O4S. The fourth-order valence-corrected chi connectivity index (χ4v) is 4.44. The van der Waals surface area contributed by atoms with Gasteiger partial charge in [-0.15, -0.1) is 0 Å². The maximum Gasteiger partial charge on any atom is 0.317 e. The molecule has 0 aromatic carbocycles. The molecule has 148 valence electrons. The first-order valence-corrected chi connectivity index (χ1v) is 10.5. The molecule has 10 heteroatoms. The Kier molecular flexibility index (Phi) is 6.64. The second-order valence-electron chi connectivity index (χ2n) is 6.63. The highest BCUT2D eigenvalue weighted by atomic mass is 32.2. The highest BCUT2D eigenvalue weighted by molar-refractivity contribution is 7.89. The minimum atomic E-state index is -3.75. The van der Waals surface area contributed by atoms with Crippen LogP contribution in [-0.4, -0.2) is 66.0 Å². The predicted molar refractivity (Wildman–Crippen MR) is 97.3 cm³/mol. The summed E-state index contributed by atoms with van der Waals surface area (Å²) in [5.74, 6) is 0. The summed E-state index contributed by atoms with van der Waals surface area (Å²) in [6, 6.07) is -0.153. The molecule has 3 N–H and O–H groups in total. The van der Waals surface area contributed by atoms with Gasteiger partial charge < -0.3 is 15.3 Å². The van der Waals surface area contributed by atoms with Gasteiger partial charge in [0.2, 0.25) is 10.0 Å². The largest absolute Gasteiger partial charge is 0.388 e. The molecule has 2 heterocycles. The molecule has 0 spiro atoms. The maximum atomic E-state index is 12.6. The molecule has 1 aliphatic rings. The van der Waals surface area contributed by atoms with Crippen LogP contribution in [0.15, 0.2) is 11.1 Å². The number of sulfonamides is 1. The Labute approximate surface area is 154 Å². The smallest absolute Gasteiger partial charge is 0.317 e. The van der Waals surface area contributed by atoms with Crippen molar-refractivity contribution in [2.45, 2.75) is 57.1 Å². The molecular weight excluding hydrogens is 358 g/mol. The van der Waals surface area contributed by atoms with Gasteiger partial charge in [0.15, 0.2) is 0 Å². The maximum absolute atomic E-state index is 12.6. The SMILES string of the molecule is CCNC(=O)N1CCCC(O)(CNS(=O)(=O)c2cnn(CC)c2C)CC1. The van der Waals surface area contributed by atoms with E-state index in [1.807, 2.05) is 13.8 Å². The van der Waals surface area contributed by atoms with Crippen LogP contribution < -0.4 is 10.0 Å². The molecule has 1 saturated heterocycles. The second-order valence-corrected chi connectivity index (χ2v) is 8.37. The number of amides is 2. The zero-order valence-corrected chi connectivity index (χ0v) is 16.5. The molecule has 0 aliphatic carbocycles. The monoisotopic (exact) mass is 387 g/mol. The van der Waals surface area contributed by atoms with Crippen LogP contribution in [0.3, 0.4) is 0 Å². The molecule has 1 aliphatic heterocycles. The summed E-state index contributed by atoms with van der Waals surface area (Å²) < 4.78 is 29.2. The van der Waals surface area contributed by atoms with Crippen LogP contribution in [0.2, 0.25) is 0 Å². The first kappa shape index (κ1) is 20.7. The summed E-state index contributed by atoms with van der Waals surface area (Å²) in [7, 11) is -3.75. The summed E-state index contributed by atoms with van der Waals surface area (Å²) in [6.07, 6.45) is 2.69. The van der Waals surface area contributed by atoms with Crippen molar-refractivity contribution in [1.82, 2.24) is 24.7 Å². The number of aliphatic hydroxyl groups is 1. The molecule has 0 radical (unpaired) electrons. The quantitative estimate of drug-likeness (QED) is 0.655. The average Bonchev–Trinajstić information content (AvgIpc) is 2.86. The minimum absolute atomic E-state index is 0.0880. The number of hydrogen-bond acceptors (Lipinski definition) is 5. The molecule has 1 aromatic heterocycles. The van der Waals surface area contributed by atoms with Crippen LogP contribution in [0.5, 0.6) is 0 Å². The number of nitrogens with one attached hydrogen (secondary N) is 2. The van der Waals surface area contributed by atoms with E-state index in [0.717, 1.165) is 0 Å². The van der Waals surface area contributed by atoms with Gasteiger partial charge in [0.05, 0.1) is 17.5 Å². The van der Waals surface area contributed by atoms with Crippen LogP contribution in [0.4, 0.5) is 4.79 Å². The Morgan fingerprint density at radius 3 is 2.69 bits per heavy atom. The van der Waals surface area contributed by atoms with Gasteiger partial charge in [-0.25, -0.2) is 17.9 Å². The fourth-order valence-electron chi connectivity index (χ4n) is 3.14. The van der Waals surface area contributed by atoms with Gasteiger partial charge >= 0.3 is 6.03 Å². The highest BCUT2D eigenvalue weighted by Crippen LogP contribution is 2.23. The van der Waals surface area contributed by atoms with E-state index in [0.29, 0.717) is 51.1 Å². The summed E-state index contributed by atoms with van der Waals surface area (Å²) in [6.45, 7) is 7.41. The van der Waals surface area contributed by atoms with Crippen molar-refractivity contribution < 1.29 is 18.3 Å². The molecule has 2 amide bonds. The molecule has 0 saturated carbocycles. The van der Waals surface area contributed by atoms with Gasteiger partial charge in [-0.2, -0.15) is 5.10 Å². The lowest BCUT2D eigenvalue weighted by Crippen LogP contribution is -2.45. The third-order valence-electron chi connectivity index (χ3n) is 4.77. The Hall–Kier alpha value is -1.65. The third-order valence-corrected chi connectivity index (χ3v) is 6.28. The average molecular weight is 388 g/mol. The van der Waals surface area contributed by atoms with Crippen LogP contribution >= 0.6 is 0 Å². The molecule has 1 unspecified atom stereocenters. The van der Waals surface area contributed by atoms with E-state index >= 15 is 0 Å². The first-order chi connectivity index (χ1) is 12.2. The third kappa shape index (κ3) is 4.74. The molecule has 9 nitrogen and oxygen atoms in total. The standard InChI is InChI=1S/C16H29N5O4S/c1-4-17-15(22)20-9-6-7-16(23,8-10-20)12-19-26(24,25)14-11-18-21(5-2)13(14)3/h11,19,23H,4-10,12H2,1-3H3,(H,17,22). The Morgan fingerprint density at radius 1 is 1.35 bits per heavy atom. The van der Waals surface area contributed by atoms with Crippen molar-refractivity contribution in [2.75, 3.05) is 26.2 Å². The van der Waals surface area contributed by atoms with E-state index in [4.69, 9.17) is 0 Å². The molecule has 1 atom stereocenters. The van der Waals surface area contributed by atoms with Crippen LogP contribution in [0, 0.1) is 6.92 Å². The lowest BCUT2D eigenvalue weighted by atomic mass is 9.95. The second kappa shape index (κ2) is 8.36. The number of likely N-dealkylation sites (tertiary alicyclic amines) is 1. The van der Waals surface area contributed by atoms with Crippen molar-refractivity contribution in [3.63, 3.8) is 0 Å². The van der Waals surface area contributed by atoms with Gasteiger partial charge in [0, 0.05) is 32.7 Å². The lowest BCUT2D eigenvalue weighted by molar-refractivity contribution is 0.0316. The molecule has 2 rings (SSSR count). The van der Waals surface area contributed by atoms with Gasteiger partial charge in [-0.05, 0) is 40.0 Å². The lowest BCUT2D eigenvalue weighted by Gasteiger charge is -2.27. The highest BCUT2D eigenvalue weighted by Gasteiger charge is 2.33. The van der Waals surface area contributed by atoms with E-state index in [-0.39, 0.29) is 17.5 Å². The zero-order valence-electron chi connectivity index (χ0n) is 15.7. The Bertz CT molecular complexity index is 733. The molecule has 0 bridgehead atoms. The normalized spacial score (nSPS) is 21.5. The number of carbonyl (C=O) groups excluding carboxylic acids is 1. The van der Waals surface area contributed by atoms with E-state index in [1.165, 1.54) is 6.20 Å². The minimum Gasteiger partial charge on any atom is -0.388 e. The van der Waals surface area contributed by atoms with E-state index in [9.17, 15) is 18.3 Å². The van der Waals surface area contributed by atoms with Crippen LogP contribution in [-0.2, 0) is 16.6 Å². The Balaban J connectivity index is 2.01. The van der Waals surface area contributed by atoms with Crippen molar-refractivity contribution in [2.24, 2.45) is 0 Å². The molecule has 1 fully saturated rings. The van der Waals surface area contributed by atoms with Crippen molar-refractivity contribution in [3.05, 3.63) is 11.9 Å². The van der Waals surface area contributed by atoms with E-state index < -0.39 is 15.6 Å². The number of aromatic nitrogens is 2. The van der Waals surface area contributed by atoms with Crippen LogP contribution in [0.1, 0.15) is 38.8 Å². The Morgan fingerprint density at radius 2 is 2.08 bits per heavy atom. The number of urea groups is 1. The van der Waals surface area contributed by atoms with Gasteiger partial charge in [-0.1, -0.05) is 0 Å². The summed E-state index contributed by atoms with van der Waals surface area (Å²) in [5, 5.41) is 17.6. The van der Waals surface area contributed by atoms with Crippen molar-refractivity contribution in [1.29, 1.82) is 0 Å². The molecule has 26 heavy (non-hydrogen) atoms. The van der Waals surface area contributed by atoms with Gasteiger partial charge in [-0.3, -0.25) is 4.68 Å². The van der Waals surface area contributed by atoms with Gasteiger partial charge in [0.25, 0.3) is 0 Å². The van der Waals surface area contributed by atoms with Crippen molar-refractivity contribution >= 4 is 16.1 Å². The van der Waals surface area contributed by atoms with E-state index in [1.54, 1.807) is 16.5 Å². The number of rotatable bonds is 6. The number of hydrogen-bond donors (Lipinski definition) is 3. The topological polar surface area (TPSA) is 117 Å². The number of carbonyl (C=O) groups is 1. The number of nitrogens with zero attached hydrogens (tertiary/aromatic N) is 3. The fraction of sp³-hybridized carbons (Fsp3) is 0.750. The van der Waals surface area contributed by atoms with E-state index in [2.05, 4.69) is 15.1 Å².